The monoisotopic (exact) mass is 257 g/mol. The first-order valence-corrected chi connectivity index (χ1v) is 7.67. The van der Waals surface area contributed by atoms with Gasteiger partial charge in [-0.2, -0.15) is 0 Å². The maximum Gasteiger partial charge on any atom is 0.154 e. The molecule has 0 saturated carbocycles. The van der Waals surface area contributed by atoms with Gasteiger partial charge in [0.25, 0.3) is 0 Å². The van der Waals surface area contributed by atoms with Gasteiger partial charge in [0.15, 0.2) is 9.84 Å². The van der Waals surface area contributed by atoms with Gasteiger partial charge < -0.3 is 5.32 Å². The smallest absolute Gasteiger partial charge is 0.154 e. The minimum Gasteiger partial charge on any atom is -0.370 e. The molecule has 0 aromatic carbocycles. The van der Waals surface area contributed by atoms with E-state index in [-0.39, 0.29) is 11.7 Å². The molecular weight excluding hydrogens is 238 g/mol. The van der Waals surface area contributed by atoms with Crippen LogP contribution in [0.4, 0.5) is 5.82 Å². The molecule has 17 heavy (non-hydrogen) atoms. The minimum atomic E-state index is -3.10. The Morgan fingerprint density at radius 3 is 2.47 bits per heavy atom. The summed E-state index contributed by atoms with van der Waals surface area (Å²) < 4.78 is 22.5. The molecule has 0 aliphatic carbocycles. The lowest BCUT2D eigenvalue weighted by Gasteiger charge is -2.10. The number of anilines is 1. The van der Waals surface area contributed by atoms with Crippen molar-refractivity contribution in [2.24, 2.45) is 0 Å². The summed E-state index contributed by atoms with van der Waals surface area (Å²) in [6.07, 6.45) is 1.19. The lowest BCUT2D eigenvalue weighted by molar-refractivity contribution is 0.599. The number of aromatic nitrogens is 2. The molecule has 0 atom stereocenters. The number of nitrogens with zero attached hydrogens (tertiary/aromatic N) is 2. The van der Waals surface area contributed by atoms with Crippen LogP contribution in [0.2, 0.25) is 0 Å². The molecule has 0 amide bonds. The summed E-state index contributed by atoms with van der Waals surface area (Å²) in [5, 5.41) is 3.08. The molecule has 96 valence electrons. The number of rotatable bonds is 5. The SMILES string of the molecule is CCNc1cc(C(C)C)nc(CS(C)(=O)=O)n1. The minimum absolute atomic E-state index is 0.119. The van der Waals surface area contributed by atoms with Crippen LogP contribution < -0.4 is 5.32 Å². The Morgan fingerprint density at radius 1 is 1.35 bits per heavy atom. The molecule has 0 radical (unpaired) electrons. The lowest BCUT2D eigenvalue weighted by atomic mass is 10.1. The van der Waals surface area contributed by atoms with Gasteiger partial charge in [-0.25, -0.2) is 18.4 Å². The first kappa shape index (κ1) is 13.9. The standard InChI is InChI=1S/C11H19N3O2S/c1-5-12-10-6-9(8(2)3)13-11(14-10)7-17(4,15)16/h6,8H,5,7H2,1-4H3,(H,12,13,14). The molecule has 1 heterocycles. The van der Waals surface area contributed by atoms with Gasteiger partial charge >= 0.3 is 0 Å². The Kier molecular flexibility index (Phi) is 4.45. The molecule has 1 aromatic heterocycles. The molecule has 1 rings (SSSR count). The number of nitrogens with one attached hydrogen (secondary N) is 1. The van der Waals surface area contributed by atoms with E-state index in [9.17, 15) is 8.42 Å². The van der Waals surface area contributed by atoms with Crippen LogP contribution in [-0.2, 0) is 15.6 Å². The third-order valence-electron chi connectivity index (χ3n) is 2.13. The van der Waals surface area contributed by atoms with Crippen LogP contribution in [-0.4, -0.2) is 31.2 Å². The van der Waals surface area contributed by atoms with E-state index in [1.807, 2.05) is 26.8 Å². The molecule has 0 spiro atoms. The predicted octanol–water partition coefficient (Wildman–Crippen LogP) is 1.58. The van der Waals surface area contributed by atoms with Crippen molar-refractivity contribution in [2.45, 2.75) is 32.4 Å². The van der Waals surface area contributed by atoms with Crippen molar-refractivity contribution in [3.63, 3.8) is 0 Å². The molecule has 5 nitrogen and oxygen atoms in total. The van der Waals surface area contributed by atoms with E-state index in [2.05, 4.69) is 15.3 Å². The van der Waals surface area contributed by atoms with E-state index < -0.39 is 9.84 Å². The molecule has 0 aliphatic heterocycles. The Balaban J connectivity index is 3.12. The van der Waals surface area contributed by atoms with Crippen LogP contribution in [0, 0.1) is 0 Å². The Hall–Kier alpha value is -1.17. The molecule has 0 saturated heterocycles. The lowest BCUT2D eigenvalue weighted by Crippen LogP contribution is -2.10. The summed E-state index contributed by atoms with van der Waals surface area (Å²) in [5.74, 6) is 1.17. The third kappa shape index (κ3) is 4.68. The molecule has 0 unspecified atom stereocenters. The second-order valence-electron chi connectivity index (χ2n) is 4.35. The van der Waals surface area contributed by atoms with Crippen LogP contribution in [0.3, 0.4) is 0 Å². The van der Waals surface area contributed by atoms with Crippen molar-refractivity contribution in [3.05, 3.63) is 17.6 Å². The fourth-order valence-electron chi connectivity index (χ4n) is 1.38. The van der Waals surface area contributed by atoms with Crippen LogP contribution in [0.25, 0.3) is 0 Å². The van der Waals surface area contributed by atoms with Crippen molar-refractivity contribution in [2.75, 3.05) is 18.1 Å². The van der Waals surface area contributed by atoms with Gasteiger partial charge in [-0.05, 0) is 12.8 Å². The molecule has 1 aromatic rings. The van der Waals surface area contributed by atoms with E-state index in [0.29, 0.717) is 11.6 Å². The van der Waals surface area contributed by atoms with Crippen molar-refractivity contribution in [1.82, 2.24) is 9.97 Å². The number of hydrogen-bond acceptors (Lipinski definition) is 5. The summed E-state index contributed by atoms with van der Waals surface area (Å²) in [7, 11) is -3.10. The van der Waals surface area contributed by atoms with Gasteiger partial charge in [0.2, 0.25) is 0 Å². The summed E-state index contributed by atoms with van der Waals surface area (Å²) in [6.45, 7) is 6.74. The molecule has 6 heteroatoms. The van der Waals surface area contributed by atoms with Gasteiger partial charge in [0.1, 0.15) is 17.4 Å². The molecule has 0 fully saturated rings. The van der Waals surface area contributed by atoms with Crippen LogP contribution in [0.1, 0.15) is 38.2 Å². The highest BCUT2D eigenvalue weighted by Gasteiger charge is 2.11. The normalized spacial score (nSPS) is 11.8. The van der Waals surface area contributed by atoms with Crippen LogP contribution in [0.15, 0.2) is 6.07 Å². The highest BCUT2D eigenvalue weighted by atomic mass is 32.2. The van der Waals surface area contributed by atoms with Crippen molar-refractivity contribution >= 4 is 15.7 Å². The predicted molar refractivity (Wildman–Crippen MR) is 68.8 cm³/mol. The van der Waals surface area contributed by atoms with Gasteiger partial charge in [0, 0.05) is 24.6 Å². The van der Waals surface area contributed by atoms with E-state index in [4.69, 9.17) is 0 Å². The zero-order chi connectivity index (χ0) is 13.1. The number of sulfone groups is 1. The Labute approximate surface area is 103 Å². The largest absolute Gasteiger partial charge is 0.370 e. The first-order chi connectivity index (χ1) is 7.81. The summed E-state index contributed by atoms with van der Waals surface area (Å²) in [5.41, 5.74) is 0.856. The average molecular weight is 257 g/mol. The maximum atomic E-state index is 11.3. The van der Waals surface area contributed by atoms with E-state index >= 15 is 0 Å². The third-order valence-corrected chi connectivity index (χ3v) is 2.92. The second-order valence-corrected chi connectivity index (χ2v) is 6.49. The van der Waals surface area contributed by atoms with Crippen molar-refractivity contribution < 1.29 is 8.42 Å². The second kappa shape index (κ2) is 5.44. The Bertz CT molecular complexity index is 483. The fourth-order valence-corrected chi connectivity index (χ4v) is 1.98. The first-order valence-electron chi connectivity index (χ1n) is 5.61. The fraction of sp³-hybridized carbons (Fsp3) is 0.636. The van der Waals surface area contributed by atoms with Gasteiger partial charge in [-0.3, -0.25) is 0 Å². The van der Waals surface area contributed by atoms with Gasteiger partial charge in [0.05, 0.1) is 0 Å². The number of hydrogen-bond donors (Lipinski definition) is 1. The zero-order valence-electron chi connectivity index (χ0n) is 10.7. The molecule has 0 aliphatic rings. The highest BCUT2D eigenvalue weighted by molar-refractivity contribution is 7.89. The quantitative estimate of drug-likeness (QED) is 0.867. The van der Waals surface area contributed by atoms with E-state index in [1.165, 1.54) is 6.26 Å². The van der Waals surface area contributed by atoms with E-state index in [0.717, 1.165) is 12.2 Å². The van der Waals surface area contributed by atoms with Crippen LogP contribution in [0.5, 0.6) is 0 Å². The van der Waals surface area contributed by atoms with E-state index in [1.54, 1.807) is 0 Å². The van der Waals surface area contributed by atoms with Crippen molar-refractivity contribution in [3.8, 4) is 0 Å². The molecule has 1 N–H and O–H groups in total. The summed E-state index contributed by atoms with van der Waals surface area (Å²) in [6, 6.07) is 1.86. The zero-order valence-corrected chi connectivity index (χ0v) is 11.5. The highest BCUT2D eigenvalue weighted by Crippen LogP contribution is 2.16. The maximum absolute atomic E-state index is 11.3. The van der Waals surface area contributed by atoms with Gasteiger partial charge in [-0.15, -0.1) is 0 Å². The Morgan fingerprint density at radius 2 is 2.00 bits per heavy atom. The summed E-state index contributed by atoms with van der Waals surface area (Å²) >= 11 is 0. The molecule has 0 bridgehead atoms. The van der Waals surface area contributed by atoms with Gasteiger partial charge in [-0.1, -0.05) is 13.8 Å². The van der Waals surface area contributed by atoms with Crippen LogP contribution >= 0.6 is 0 Å². The average Bonchev–Trinajstić information content (AvgIpc) is 2.14. The topological polar surface area (TPSA) is 72.0 Å². The molecular formula is C11H19N3O2S. The summed E-state index contributed by atoms with van der Waals surface area (Å²) in [4.78, 5) is 8.46. The van der Waals surface area contributed by atoms with Crippen molar-refractivity contribution in [1.29, 1.82) is 0 Å².